The first-order valence-electron chi connectivity index (χ1n) is 26.2. The predicted molar refractivity (Wildman–Crippen MR) is 312 cm³/mol. The zero-order chi connectivity index (χ0) is 49.7. The number of anilines is 9. The molecule has 5 nitrogen and oxygen atoms in total. The molecule has 0 atom stereocenters. The minimum absolute atomic E-state index is 0.0300. The Morgan fingerprint density at radius 3 is 1.57 bits per heavy atom. The number of hydrogen-bond donors (Lipinski definition) is 0. The average molecular weight is 956 g/mol. The first-order chi connectivity index (χ1) is 36.3. The van der Waals surface area contributed by atoms with Crippen LogP contribution >= 0.6 is 0 Å². The summed E-state index contributed by atoms with van der Waals surface area (Å²) < 4.78 is 13.6. The van der Waals surface area contributed by atoms with Crippen LogP contribution in [0, 0.1) is 0 Å². The zero-order valence-corrected chi connectivity index (χ0v) is 42.1. The van der Waals surface area contributed by atoms with Gasteiger partial charge in [0.15, 0.2) is 0 Å². The number of nitrogens with zero attached hydrogens (tertiary/aromatic N) is 3. The number of hydrogen-bond acceptors (Lipinski definition) is 5. The number of unbranched alkanes of at least 4 members (excludes halogenated alkanes) is 1. The highest BCUT2D eigenvalue weighted by Gasteiger charge is 2.46. The van der Waals surface area contributed by atoms with Gasteiger partial charge in [-0.25, -0.2) is 0 Å². The molecule has 0 N–H and O–H groups in total. The summed E-state index contributed by atoms with van der Waals surface area (Å²) in [6.45, 7) is 8.97. The molecule has 0 bridgehead atoms. The van der Waals surface area contributed by atoms with Crippen molar-refractivity contribution in [3.05, 3.63) is 230 Å². The largest absolute Gasteiger partial charge is 0.456 e. The molecule has 14 rings (SSSR count). The Bertz CT molecular complexity index is 4120. The van der Waals surface area contributed by atoms with Crippen LogP contribution in [0.4, 0.5) is 51.2 Å². The van der Waals surface area contributed by atoms with Gasteiger partial charge >= 0.3 is 0 Å². The summed E-state index contributed by atoms with van der Waals surface area (Å²) in [5, 5.41) is 4.40. The van der Waals surface area contributed by atoms with Crippen molar-refractivity contribution < 1.29 is 8.83 Å². The maximum Gasteiger partial charge on any atom is 0.252 e. The van der Waals surface area contributed by atoms with Gasteiger partial charge in [0.1, 0.15) is 22.3 Å². The fourth-order valence-corrected chi connectivity index (χ4v) is 12.1. The maximum absolute atomic E-state index is 6.81. The SMILES string of the molecule is CCCCc1ccc(N2c3cc(N(c4ccccc4)c4ccccc4-c4ccccc4)cc4c3B(c3ccc5oc6ccccc6c5c32)c2ccc3oc5ccccc5c3c2N4c2ccc(C(C)(C)C)cc2)cc1. The molecule has 0 amide bonds. The van der Waals surface area contributed by atoms with Crippen LogP contribution in [-0.2, 0) is 11.8 Å². The predicted octanol–water partition coefficient (Wildman–Crippen LogP) is 17.3. The van der Waals surface area contributed by atoms with E-state index in [9.17, 15) is 0 Å². The molecule has 0 saturated heterocycles. The van der Waals surface area contributed by atoms with Crippen molar-refractivity contribution in [2.75, 3.05) is 14.7 Å². The standard InChI is InChI=1S/C68H54BN3O2/c1-5-6-19-44-30-34-48(35-31-44)71-57-42-50(70(47-22-11-8-12-23-47)56-27-16-13-24-51(56)45-20-9-7-10-21-45)43-58-65(57)69(54-38-40-61-63(66(54)71)52-25-14-17-28-59(52)73-61)55-39-41-62-64(53-26-15-18-29-60(53)74-62)67(55)72(58)49-36-32-46(33-37-49)68(2,3)4/h7-18,20-43H,5-6,19H2,1-4H3. The Hall–Kier alpha value is -8.74. The zero-order valence-electron chi connectivity index (χ0n) is 42.1. The van der Waals surface area contributed by atoms with Gasteiger partial charge in [0.25, 0.3) is 6.71 Å². The Morgan fingerprint density at radius 1 is 0.486 bits per heavy atom. The number of para-hydroxylation sites is 4. The van der Waals surface area contributed by atoms with Crippen molar-refractivity contribution in [1.29, 1.82) is 0 Å². The van der Waals surface area contributed by atoms with Crippen molar-refractivity contribution in [1.82, 2.24) is 0 Å². The highest BCUT2D eigenvalue weighted by molar-refractivity contribution is 7.01. The molecule has 74 heavy (non-hydrogen) atoms. The van der Waals surface area contributed by atoms with Gasteiger partial charge in [-0.2, -0.15) is 0 Å². The van der Waals surface area contributed by atoms with E-state index in [1.165, 1.54) is 27.5 Å². The normalized spacial score (nSPS) is 12.9. The molecule has 356 valence electrons. The van der Waals surface area contributed by atoms with Crippen molar-refractivity contribution in [3.8, 4) is 11.1 Å². The van der Waals surface area contributed by atoms with Crippen molar-refractivity contribution in [2.24, 2.45) is 0 Å². The van der Waals surface area contributed by atoms with Crippen LogP contribution in [0.15, 0.2) is 227 Å². The number of aryl methyl sites for hydroxylation is 1. The molecule has 12 aromatic rings. The van der Waals surface area contributed by atoms with Crippen molar-refractivity contribution in [2.45, 2.75) is 52.4 Å². The van der Waals surface area contributed by atoms with E-state index in [4.69, 9.17) is 8.83 Å². The number of rotatable bonds is 9. The molecule has 0 spiro atoms. The van der Waals surface area contributed by atoms with Gasteiger partial charge in [-0.15, -0.1) is 0 Å². The summed E-state index contributed by atoms with van der Waals surface area (Å²) in [5.41, 5.74) is 21.9. The number of furan rings is 2. The Labute approximate surface area is 432 Å². The van der Waals surface area contributed by atoms with Crippen LogP contribution in [0.3, 0.4) is 0 Å². The second-order valence-corrected chi connectivity index (χ2v) is 21.1. The number of benzene rings is 10. The van der Waals surface area contributed by atoms with E-state index < -0.39 is 0 Å². The smallest absolute Gasteiger partial charge is 0.252 e. The summed E-state index contributed by atoms with van der Waals surface area (Å²) in [4.78, 5) is 7.58. The third kappa shape index (κ3) is 6.92. The van der Waals surface area contributed by atoms with E-state index >= 15 is 0 Å². The summed E-state index contributed by atoms with van der Waals surface area (Å²) >= 11 is 0. The first kappa shape index (κ1) is 44.0. The molecule has 2 aromatic heterocycles. The minimum Gasteiger partial charge on any atom is -0.456 e. The minimum atomic E-state index is -0.165. The molecular formula is C68H54BN3O2. The van der Waals surface area contributed by atoms with E-state index in [2.05, 4.69) is 261 Å². The molecule has 4 heterocycles. The molecule has 10 aromatic carbocycles. The second-order valence-electron chi connectivity index (χ2n) is 21.1. The second kappa shape index (κ2) is 17.2. The molecule has 0 radical (unpaired) electrons. The van der Waals surface area contributed by atoms with Gasteiger partial charge in [-0.05, 0) is 130 Å². The molecule has 0 fully saturated rings. The lowest BCUT2D eigenvalue weighted by molar-refractivity contribution is 0.590. The van der Waals surface area contributed by atoms with Crippen LogP contribution < -0.4 is 31.1 Å². The Morgan fingerprint density at radius 2 is 1.00 bits per heavy atom. The third-order valence-corrected chi connectivity index (χ3v) is 15.6. The van der Waals surface area contributed by atoms with Gasteiger partial charge in [-0.3, -0.25) is 0 Å². The van der Waals surface area contributed by atoms with E-state index in [1.807, 2.05) is 0 Å². The molecule has 0 aliphatic carbocycles. The van der Waals surface area contributed by atoms with Crippen LogP contribution in [-0.4, -0.2) is 6.71 Å². The lowest BCUT2D eigenvalue weighted by atomic mass is 9.33. The molecule has 0 unspecified atom stereocenters. The lowest BCUT2D eigenvalue weighted by Crippen LogP contribution is -2.61. The van der Waals surface area contributed by atoms with Gasteiger partial charge in [0, 0.05) is 44.8 Å². The van der Waals surface area contributed by atoms with Crippen LogP contribution in [0.5, 0.6) is 0 Å². The fourth-order valence-electron chi connectivity index (χ4n) is 12.1. The molecule has 2 aliphatic heterocycles. The van der Waals surface area contributed by atoms with Gasteiger partial charge in [0.2, 0.25) is 0 Å². The molecule has 6 heteroatoms. The van der Waals surface area contributed by atoms with Gasteiger partial charge < -0.3 is 23.5 Å². The number of fused-ring (bicyclic) bond motifs is 12. The van der Waals surface area contributed by atoms with Crippen LogP contribution in [0.25, 0.3) is 55.0 Å². The Balaban J connectivity index is 1.16. The van der Waals surface area contributed by atoms with Crippen molar-refractivity contribution >= 4 is 118 Å². The molecule has 0 saturated carbocycles. The Kier molecular flexibility index (Phi) is 10.2. The van der Waals surface area contributed by atoms with Crippen LogP contribution in [0.1, 0.15) is 51.7 Å². The van der Waals surface area contributed by atoms with E-state index in [1.54, 1.807) is 0 Å². The topological polar surface area (TPSA) is 36.0 Å². The third-order valence-electron chi connectivity index (χ3n) is 15.6. The highest BCUT2D eigenvalue weighted by Crippen LogP contribution is 2.53. The summed E-state index contributed by atoms with van der Waals surface area (Å²) in [6.07, 6.45) is 3.34. The molecular weight excluding hydrogens is 902 g/mol. The molecule has 2 aliphatic rings. The highest BCUT2D eigenvalue weighted by atomic mass is 16.3. The monoisotopic (exact) mass is 955 g/mol. The quantitative estimate of drug-likeness (QED) is 0.135. The lowest BCUT2D eigenvalue weighted by Gasteiger charge is -2.45. The summed E-state index contributed by atoms with van der Waals surface area (Å²) in [6, 6.07) is 80.2. The average Bonchev–Trinajstić information content (AvgIpc) is 4.03. The van der Waals surface area contributed by atoms with E-state index in [0.29, 0.717) is 0 Å². The van der Waals surface area contributed by atoms with Crippen LogP contribution in [0.2, 0.25) is 0 Å². The van der Waals surface area contributed by atoms with E-state index in [-0.39, 0.29) is 12.1 Å². The van der Waals surface area contributed by atoms with Gasteiger partial charge in [-0.1, -0.05) is 174 Å². The maximum atomic E-state index is 6.81. The summed E-state index contributed by atoms with van der Waals surface area (Å²) in [7, 11) is 0. The van der Waals surface area contributed by atoms with E-state index in [0.717, 1.165) is 125 Å². The first-order valence-corrected chi connectivity index (χ1v) is 26.2. The summed E-state index contributed by atoms with van der Waals surface area (Å²) in [5.74, 6) is 0. The van der Waals surface area contributed by atoms with Gasteiger partial charge in [0.05, 0.1) is 33.5 Å². The fraction of sp³-hybridized carbons (Fsp3) is 0.118. The van der Waals surface area contributed by atoms with Crippen molar-refractivity contribution in [3.63, 3.8) is 0 Å².